The van der Waals surface area contributed by atoms with Crippen LogP contribution in [0, 0.1) is 13.8 Å². The Labute approximate surface area is 142 Å². The summed E-state index contributed by atoms with van der Waals surface area (Å²) < 4.78 is 1.94. The zero-order chi connectivity index (χ0) is 16.3. The minimum Gasteiger partial charge on any atom is -0.348 e. The molecule has 0 aliphatic heterocycles. The molecule has 0 bridgehead atoms. The van der Waals surface area contributed by atoms with Crippen LogP contribution in [-0.2, 0) is 13.1 Å². The average molecular weight is 337 g/mol. The molecule has 0 fully saturated rings. The summed E-state index contributed by atoms with van der Waals surface area (Å²) in [5.74, 6) is 0. The molecule has 0 amide bonds. The van der Waals surface area contributed by atoms with E-state index < -0.39 is 0 Å². The van der Waals surface area contributed by atoms with Crippen LogP contribution in [0.5, 0.6) is 0 Å². The van der Waals surface area contributed by atoms with Crippen LogP contribution in [0.15, 0.2) is 24.4 Å². The molecule has 0 unspecified atom stereocenters. The zero-order valence-corrected chi connectivity index (χ0v) is 14.9. The summed E-state index contributed by atoms with van der Waals surface area (Å²) in [6.07, 6.45) is 2.07. The summed E-state index contributed by atoms with van der Waals surface area (Å²) in [5, 5.41) is 9.07. The molecule has 0 atom stereocenters. The van der Waals surface area contributed by atoms with Crippen molar-refractivity contribution in [1.29, 1.82) is 0 Å². The van der Waals surface area contributed by atoms with E-state index in [-0.39, 0.29) is 0 Å². The van der Waals surface area contributed by atoms with E-state index in [1.165, 1.54) is 5.56 Å². The fourth-order valence-electron chi connectivity index (χ4n) is 2.14. The first-order chi connectivity index (χ1) is 10.4. The van der Waals surface area contributed by atoms with Crippen molar-refractivity contribution in [3.05, 3.63) is 46.2 Å². The predicted molar refractivity (Wildman–Crippen MR) is 96.5 cm³/mol. The van der Waals surface area contributed by atoms with Crippen molar-refractivity contribution in [2.75, 3.05) is 12.4 Å². The lowest BCUT2D eigenvalue weighted by atomic mass is 10.2. The van der Waals surface area contributed by atoms with Crippen LogP contribution in [-0.4, -0.2) is 26.8 Å². The van der Waals surface area contributed by atoms with Gasteiger partial charge in [-0.2, -0.15) is 5.10 Å². The summed E-state index contributed by atoms with van der Waals surface area (Å²) in [6.45, 7) is 7.71. The molecule has 4 nitrogen and oxygen atoms in total. The summed E-state index contributed by atoms with van der Waals surface area (Å²) in [4.78, 5) is 2.00. The van der Waals surface area contributed by atoms with Crippen LogP contribution in [0.25, 0.3) is 0 Å². The quantitative estimate of drug-likeness (QED) is 0.855. The Bertz CT molecular complexity index is 681. The number of aromatic nitrogens is 2. The van der Waals surface area contributed by atoms with Gasteiger partial charge < -0.3 is 10.2 Å². The molecular weight excluding hydrogens is 316 g/mol. The Balaban J connectivity index is 2.05. The number of benzene rings is 1. The lowest BCUT2D eigenvalue weighted by Gasteiger charge is -2.21. The molecule has 0 saturated heterocycles. The van der Waals surface area contributed by atoms with Crippen LogP contribution < -0.4 is 5.32 Å². The van der Waals surface area contributed by atoms with Crippen LogP contribution in [0.2, 0.25) is 5.02 Å². The lowest BCUT2D eigenvalue weighted by molar-refractivity contribution is 0.506. The molecule has 0 saturated carbocycles. The maximum absolute atomic E-state index is 6.04. The van der Waals surface area contributed by atoms with Crippen molar-refractivity contribution in [1.82, 2.24) is 14.7 Å². The van der Waals surface area contributed by atoms with E-state index in [0.29, 0.717) is 10.1 Å². The number of halogens is 1. The summed E-state index contributed by atoms with van der Waals surface area (Å²) in [7, 11) is 1.97. The maximum atomic E-state index is 6.04. The van der Waals surface area contributed by atoms with E-state index in [0.717, 1.165) is 30.0 Å². The molecule has 1 aromatic heterocycles. The van der Waals surface area contributed by atoms with E-state index in [1.807, 2.05) is 48.7 Å². The molecule has 118 valence electrons. The third kappa shape index (κ3) is 3.99. The predicted octanol–water partition coefficient (Wildman–Crippen LogP) is 4.00. The highest BCUT2D eigenvalue weighted by molar-refractivity contribution is 7.80. The number of nitrogens with zero attached hydrogens (tertiary/aromatic N) is 3. The number of hydrogen-bond acceptors (Lipinski definition) is 2. The molecule has 1 heterocycles. The van der Waals surface area contributed by atoms with E-state index in [1.54, 1.807) is 0 Å². The highest BCUT2D eigenvalue weighted by atomic mass is 35.5. The molecule has 1 N–H and O–H groups in total. The van der Waals surface area contributed by atoms with Crippen LogP contribution >= 0.6 is 23.8 Å². The Kier molecular flexibility index (Phi) is 5.42. The molecule has 22 heavy (non-hydrogen) atoms. The van der Waals surface area contributed by atoms with Gasteiger partial charge in [-0.25, -0.2) is 0 Å². The third-order valence-corrected chi connectivity index (χ3v) is 4.22. The van der Waals surface area contributed by atoms with Crippen LogP contribution in [0.3, 0.4) is 0 Å². The molecule has 0 aliphatic carbocycles. The second-order valence-electron chi connectivity index (χ2n) is 5.34. The molecule has 0 aliphatic rings. The fourth-order valence-corrected chi connectivity index (χ4v) is 2.49. The highest BCUT2D eigenvalue weighted by Crippen LogP contribution is 2.20. The second kappa shape index (κ2) is 7.11. The van der Waals surface area contributed by atoms with Crippen molar-refractivity contribution < 1.29 is 0 Å². The van der Waals surface area contributed by atoms with Gasteiger partial charge in [-0.05, 0) is 50.7 Å². The Hall–Kier alpha value is -1.59. The number of aryl methyl sites for hydroxylation is 3. The van der Waals surface area contributed by atoms with Crippen molar-refractivity contribution in [2.45, 2.75) is 33.9 Å². The monoisotopic (exact) mass is 336 g/mol. The lowest BCUT2D eigenvalue weighted by Crippen LogP contribution is -2.30. The standard InChI is InChI=1S/C16H21ClN4S/c1-5-21-10-13(12(3)19-21)9-20(4)16(22)18-15-8-14(17)7-6-11(15)2/h6-8,10H,5,9H2,1-4H3,(H,18,22). The Morgan fingerprint density at radius 2 is 2.14 bits per heavy atom. The van der Waals surface area contributed by atoms with Gasteiger partial charge in [0.05, 0.1) is 5.69 Å². The Morgan fingerprint density at radius 1 is 1.41 bits per heavy atom. The maximum Gasteiger partial charge on any atom is 0.173 e. The van der Waals surface area contributed by atoms with Gasteiger partial charge in [-0.1, -0.05) is 17.7 Å². The van der Waals surface area contributed by atoms with Gasteiger partial charge in [0.1, 0.15) is 0 Å². The van der Waals surface area contributed by atoms with Crippen molar-refractivity contribution in [3.8, 4) is 0 Å². The smallest absolute Gasteiger partial charge is 0.173 e. The molecular formula is C16H21ClN4S. The Morgan fingerprint density at radius 3 is 2.77 bits per heavy atom. The van der Waals surface area contributed by atoms with Crippen molar-refractivity contribution in [3.63, 3.8) is 0 Å². The van der Waals surface area contributed by atoms with Gasteiger partial charge in [-0.3, -0.25) is 4.68 Å². The highest BCUT2D eigenvalue weighted by Gasteiger charge is 2.11. The van der Waals surface area contributed by atoms with Gasteiger partial charge in [0.25, 0.3) is 0 Å². The van der Waals surface area contributed by atoms with Gasteiger partial charge in [0, 0.05) is 42.6 Å². The average Bonchev–Trinajstić information content (AvgIpc) is 2.83. The van der Waals surface area contributed by atoms with Crippen molar-refractivity contribution >= 4 is 34.6 Å². The van der Waals surface area contributed by atoms with E-state index in [9.17, 15) is 0 Å². The van der Waals surface area contributed by atoms with Gasteiger partial charge in [0.2, 0.25) is 0 Å². The first kappa shape index (κ1) is 16.8. The number of thiocarbonyl (C=S) groups is 1. The fraction of sp³-hybridized carbons (Fsp3) is 0.375. The SMILES string of the molecule is CCn1cc(CN(C)C(=S)Nc2cc(Cl)ccc2C)c(C)n1. The first-order valence-electron chi connectivity index (χ1n) is 7.22. The first-order valence-corrected chi connectivity index (χ1v) is 8.00. The van der Waals surface area contributed by atoms with Crippen LogP contribution in [0.4, 0.5) is 5.69 Å². The van der Waals surface area contributed by atoms with E-state index in [2.05, 4.69) is 23.5 Å². The molecule has 0 spiro atoms. The summed E-state index contributed by atoms with van der Waals surface area (Å²) >= 11 is 11.5. The van der Waals surface area contributed by atoms with E-state index in [4.69, 9.17) is 23.8 Å². The van der Waals surface area contributed by atoms with Crippen molar-refractivity contribution in [2.24, 2.45) is 0 Å². The summed E-state index contributed by atoms with van der Waals surface area (Å²) in [5.41, 5.74) is 4.26. The van der Waals surface area contributed by atoms with E-state index >= 15 is 0 Å². The van der Waals surface area contributed by atoms with Gasteiger partial charge in [0.15, 0.2) is 5.11 Å². The molecule has 1 aromatic carbocycles. The van der Waals surface area contributed by atoms with Gasteiger partial charge in [-0.15, -0.1) is 0 Å². The molecule has 2 rings (SSSR count). The largest absolute Gasteiger partial charge is 0.348 e. The minimum absolute atomic E-state index is 0.661. The number of anilines is 1. The normalized spacial score (nSPS) is 10.6. The molecule has 6 heteroatoms. The topological polar surface area (TPSA) is 33.1 Å². The third-order valence-electron chi connectivity index (χ3n) is 3.57. The number of nitrogens with one attached hydrogen (secondary N) is 1. The molecule has 2 aromatic rings. The minimum atomic E-state index is 0.661. The molecule has 0 radical (unpaired) electrons. The van der Waals surface area contributed by atoms with Crippen LogP contribution in [0.1, 0.15) is 23.7 Å². The zero-order valence-electron chi connectivity index (χ0n) is 13.4. The summed E-state index contributed by atoms with van der Waals surface area (Å²) in [6, 6.07) is 5.73. The second-order valence-corrected chi connectivity index (χ2v) is 6.16. The number of hydrogen-bond donors (Lipinski definition) is 1. The van der Waals surface area contributed by atoms with Gasteiger partial charge >= 0.3 is 0 Å². The number of rotatable bonds is 4.